The Kier molecular flexibility index (Phi) is 14.7. The normalized spacial score (nSPS) is 17.2. The van der Waals surface area contributed by atoms with Gasteiger partial charge in [0.05, 0.1) is 0 Å². The fourth-order valence-electron chi connectivity index (χ4n) is 7.19. The molecule has 2 saturated carbocycles. The fraction of sp³-hybridized carbons (Fsp3) is 0.541. The average molecular weight is 693 g/mol. The van der Waals surface area contributed by atoms with Gasteiger partial charge in [-0.3, -0.25) is 24.8 Å². The quantitative estimate of drug-likeness (QED) is 0.0777. The summed E-state index contributed by atoms with van der Waals surface area (Å²) in [5.74, 6) is -0.998. The van der Waals surface area contributed by atoms with Crippen LogP contribution in [-0.2, 0) is 27.3 Å². The Morgan fingerprint density at radius 2 is 1.45 bits per heavy atom. The van der Waals surface area contributed by atoms with Crippen molar-refractivity contribution in [3.05, 3.63) is 70.2 Å². The number of amides is 3. The van der Waals surface area contributed by atoms with Crippen LogP contribution < -0.4 is 33.2 Å². The largest absolute Gasteiger partial charge is 0.384 e. The van der Waals surface area contributed by atoms with Gasteiger partial charge in [0.15, 0.2) is 5.96 Å². The average Bonchev–Trinajstić information content (AvgIpc) is 3.11. The lowest BCUT2D eigenvalue weighted by atomic mass is 9.76. The van der Waals surface area contributed by atoms with E-state index in [0.717, 1.165) is 75.3 Å². The number of nitrogens with one attached hydrogen (secondary N) is 4. The first-order chi connectivity index (χ1) is 23.6. The maximum absolute atomic E-state index is 14.3. The summed E-state index contributed by atoms with van der Waals surface area (Å²) >= 11 is 6.32. The standard InChI is InChI=1S/C37H53ClN8O3/c38-30-15-8-7-14-28(30)23-44-35(48)31(16-9-21-43-37(41)42)45-36(49)32(26-12-5-2-6-13-26)46-34(47)29(25-10-3-1-4-11-25)22-24-17-19-27(20-18-24)33(39)40/h7-8,14-15,17-20,25-26,29,31-32H,1-6,9-13,16,21-23H2,(H3,39,40)(H,44,48)(H,45,49)(H,46,47)(H4,41,42,43). The first-order valence-corrected chi connectivity index (χ1v) is 18.1. The minimum absolute atomic E-state index is 0.00143. The van der Waals surface area contributed by atoms with E-state index in [-0.39, 0.29) is 53.8 Å². The van der Waals surface area contributed by atoms with Crippen molar-refractivity contribution >= 4 is 41.1 Å². The monoisotopic (exact) mass is 692 g/mol. The summed E-state index contributed by atoms with van der Waals surface area (Å²) in [6.45, 7) is 0.518. The molecule has 2 aromatic rings. The van der Waals surface area contributed by atoms with Gasteiger partial charge in [-0.2, -0.15) is 0 Å². The molecule has 0 radical (unpaired) electrons. The number of nitrogens with two attached hydrogens (primary N) is 3. The van der Waals surface area contributed by atoms with Crippen molar-refractivity contribution in [2.45, 2.75) is 102 Å². The Morgan fingerprint density at radius 1 is 0.816 bits per heavy atom. The van der Waals surface area contributed by atoms with E-state index in [1.807, 2.05) is 42.5 Å². The predicted molar refractivity (Wildman–Crippen MR) is 195 cm³/mol. The van der Waals surface area contributed by atoms with Crippen molar-refractivity contribution in [1.82, 2.24) is 16.0 Å². The topological polar surface area (TPSA) is 202 Å². The Balaban J connectivity index is 1.53. The Labute approximate surface area is 295 Å². The summed E-state index contributed by atoms with van der Waals surface area (Å²) in [7, 11) is 0. The molecule has 0 heterocycles. The summed E-state index contributed by atoms with van der Waals surface area (Å²) in [5, 5.41) is 17.4. The maximum atomic E-state index is 14.3. The summed E-state index contributed by atoms with van der Waals surface area (Å²) in [6.07, 6.45) is 11.3. The number of nitrogen functional groups attached to an aromatic ring is 1. The number of halogens is 1. The first-order valence-electron chi connectivity index (χ1n) is 17.7. The third kappa shape index (κ3) is 11.8. The van der Waals surface area contributed by atoms with Crippen LogP contribution >= 0.6 is 11.6 Å². The smallest absolute Gasteiger partial charge is 0.243 e. The molecule has 0 spiro atoms. The Hall–Kier alpha value is -4.12. The van der Waals surface area contributed by atoms with Crippen LogP contribution in [0.5, 0.6) is 0 Å². The van der Waals surface area contributed by atoms with E-state index in [4.69, 9.17) is 34.2 Å². The van der Waals surface area contributed by atoms with Crippen molar-refractivity contribution in [2.24, 2.45) is 39.9 Å². The van der Waals surface area contributed by atoms with Gasteiger partial charge in [-0.05, 0) is 74.0 Å². The number of carbonyl (C=O) groups excluding carboxylic acids is 3. The number of guanidine groups is 1. The van der Waals surface area contributed by atoms with Crippen molar-refractivity contribution in [2.75, 3.05) is 6.54 Å². The zero-order chi connectivity index (χ0) is 35.2. The van der Waals surface area contributed by atoms with Crippen LogP contribution in [0.4, 0.5) is 0 Å². The molecule has 2 aliphatic carbocycles. The van der Waals surface area contributed by atoms with Crippen LogP contribution in [0.3, 0.4) is 0 Å². The molecule has 4 rings (SSSR count). The zero-order valence-corrected chi connectivity index (χ0v) is 29.2. The lowest BCUT2D eigenvalue weighted by molar-refractivity contribution is -0.135. The number of benzene rings is 2. The number of aliphatic imine (C=N–C) groups is 1. The third-order valence-corrected chi connectivity index (χ3v) is 10.3. The van der Waals surface area contributed by atoms with Gasteiger partial charge in [0.2, 0.25) is 17.7 Å². The number of nitrogens with zero attached hydrogens (tertiary/aromatic N) is 1. The minimum Gasteiger partial charge on any atom is -0.384 e. The molecule has 10 N–H and O–H groups in total. The molecule has 3 unspecified atom stereocenters. The van der Waals surface area contributed by atoms with Gasteiger partial charge in [-0.25, -0.2) is 0 Å². The van der Waals surface area contributed by atoms with Crippen LogP contribution in [0.15, 0.2) is 53.5 Å². The van der Waals surface area contributed by atoms with E-state index in [9.17, 15) is 14.4 Å². The summed E-state index contributed by atoms with van der Waals surface area (Å²) in [4.78, 5) is 46.1. The first kappa shape index (κ1) is 37.7. The molecular weight excluding hydrogens is 640 g/mol. The number of hydrogen-bond acceptors (Lipinski definition) is 5. The van der Waals surface area contributed by atoms with Gasteiger partial charge in [0.1, 0.15) is 17.9 Å². The molecule has 0 aliphatic heterocycles. The van der Waals surface area contributed by atoms with E-state index >= 15 is 0 Å². The van der Waals surface area contributed by atoms with E-state index in [0.29, 0.717) is 36.4 Å². The maximum Gasteiger partial charge on any atom is 0.243 e. The lowest BCUT2D eigenvalue weighted by Gasteiger charge is -2.34. The summed E-state index contributed by atoms with van der Waals surface area (Å²) in [6, 6.07) is 13.1. The zero-order valence-electron chi connectivity index (χ0n) is 28.4. The summed E-state index contributed by atoms with van der Waals surface area (Å²) < 4.78 is 0. The minimum atomic E-state index is -0.860. The second-order valence-corrected chi connectivity index (χ2v) is 13.9. The highest BCUT2D eigenvalue weighted by Crippen LogP contribution is 2.33. The van der Waals surface area contributed by atoms with Crippen molar-refractivity contribution in [3.8, 4) is 0 Å². The second-order valence-electron chi connectivity index (χ2n) is 13.5. The van der Waals surface area contributed by atoms with E-state index in [2.05, 4.69) is 20.9 Å². The molecule has 2 aliphatic rings. The van der Waals surface area contributed by atoms with Gasteiger partial charge in [-0.15, -0.1) is 0 Å². The van der Waals surface area contributed by atoms with Crippen LogP contribution in [0, 0.1) is 23.2 Å². The van der Waals surface area contributed by atoms with Crippen LogP contribution in [0.1, 0.15) is 93.7 Å². The molecule has 12 heteroatoms. The molecular formula is C37H53ClN8O3. The lowest BCUT2D eigenvalue weighted by Crippen LogP contribution is -2.57. The molecule has 266 valence electrons. The van der Waals surface area contributed by atoms with Crippen molar-refractivity contribution < 1.29 is 14.4 Å². The SMILES string of the molecule is N=C(N)c1ccc(CC(C(=O)NC(C(=O)NC(CCCN=C(N)N)C(=O)NCc2ccccc2Cl)C2CCCCC2)C2CCCCC2)cc1. The van der Waals surface area contributed by atoms with Gasteiger partial charge in [0, 0.05) is 29.6 Å². The van der Waals surface area contributed by atoms with Crippen LogP contribution in [0.25, 0.3) is 0 Å². The molecule has 49 heavy (non-hydrogen) atoms. The summed E-state index contributed by atoms with van der Waals surface area (Å²) in [5.41, 5.74) is 19.1. The second kappa shape index (κ2) is 19.2. The molecule has 0 bridgehead atoms. The predicted octanol–water partition coefficient (Wildman–Crippen LogP) is 4.28. The molecule has 2 aromatic carbocycles. The number of amidine groups is 1. The number of rotatable bonds is 16. The Bertz CT molecular complexity index is 1430. The number of hydrogen-bond donors (Lipinski definition) is 7. The third-order valence-electron chi connectivity index (χ3n) is 9.97. The van der Waals surface area contributed by atoms with Gasteiger partial charge in [-0.1, -0.05) is 92.6 Å². The Morgan fingerprint density at radius 3 is 2.06 bits per heavy atom. The highest BCUT2D eigenvalue weighted by Gasteiger charge is 2.37. The number of carbonyl (C=O) groups is 3. The molecule has 2 fully saturated rings. The van der Waals surface area contributed by atoms with Crippen LogP contribution in [0.2, 0.25) is 5.02 Å². The van der Waals surface area contributed by atoms with Crippen molar-refractivity contribution in [1.29, 1.82) is 5.41 Å². The van der Waals surface area contributed by atoms with E-state index in [1.54, 1.807) is 6.07 Å². The van der Waals surface area contributed by atoms with Gasteiger partial charge in [0.25, 0.3) is 0 Å². The van der Waals surface area contributed by atoms with Gasteiger partial charge >= 0.3 is 0 Å². The molecule has 0 saturated heterocycles. The van der Waals surface area contributed by atoms with E-state index < -0.39 is 12.1 Å². The highest BCUT2D eigenvalue weighted by molar-refractivity contribution is 6.31. The molecule has 11 nitrogen and oxygen atoms in total. The molecule has 3 amide bonds. The van der Waals surface area contributed by atoms with Gasteiger partial charge < -0.3 is 33.2 Å². The van der Waals surface area contributed by atoms with Crippen molar-refractivity contribution in [3.63, 3.8) is 0 Å². The fourth-order valence-corrected chi connectivity index (χ4v) is 7.39. The highest BCUT2D eigenvalue weighted by atomic mass is 35.5. The molecule has 3 atom stereocenters. The molecule has 0 aromatic heterocycles. The van der Waals surface area contributed by atoms with Crippen LogP contribution in [-0.4, -0.2) is 48.1 Å². The van der Waals surface area contributed by atoms with E-state index in [1.165, 1.54) is 0 Å².